The molecule has 0 atom stereocenters. The Morgan fingerprint density at radius 2 is 1.88 bits per heavy atom. The first-order chi connectivity index (χ1) is 8.27. The standard InChI is InChI=1S/C12H15ClN2O2/c1-3-16-12(17-4-2)15-10-8-6-5-7-9(10)11(13)14-15/h5-8,12H,3-4H2,1-2H3. The molecule has 1 aromatic heterocycles. The van der Waals surface area contributed by atoms with Crippen LogP contribution in [-0.4, -0.2) is 23.0 Å². The Kier molecular flexibility index (Phi) is 3.99. The fourth-order valence-electron chi connectivity index (χ4n) is 1.69. The SMILES string of the molecule is CCOC(OCC)n1nc(Cl)c2ccccc21. The Bertz CT molecular complexity index is 492. The van der Waals surface area contributed by atoms with Crippen LogP contribution in [0.4, 0.5) is 0 Å². The van der Waals surface area contributed by atoms with Crippen LogP contribution in [0.5, 0.6) is 0 Å². The van der Waals surface area contributed by atoms with Crippen LogP contribution in [0.15, 0.2) is 24.3 Å². The van der Waals surface area contributed by atoms with Gasteiger partial charge in [-0.15, -0.1) is 0 Å². The highest BCUT2D eigenvalue weighted by Gasteiger charge is 2.17. The van der Waals surface area contributed by atoms with E-state index < -0.39 is 6.41 Å². The number of nitrogens with zero attached hydrogens (tertiary/aromatic N) is 2. The minimum absolute atomic E-state index is 0.463. The number of para-hydroxylation sites is 1. The molecular weight excluding hydrogens is 240 g/mol. The molecule has 92 valence electrons. The number of ether oxygens (including phenoxy) is 2. The summed E-state index contributed by atoms with van der Waals surface area (Å²) < 4.78 is 12.7. The first kappa shape index (κ1) is 12.4. The maximum Gasteiger partial charge on any atom is 0.260 e. The molecule has 2 rings (SSSR count). The van der Waals surface area contributed by atoms with Gasteiger partial charge in [-0.3, -0.25) is 0 Å². The number of benzene rings is 1. The maximum atomic E-state index is 6.08. The highest BCUT2D eigenvalue weighted by molar-refractivity contribution is 6.34. The molecule has 0 saturated heterocycles. The molecule has 0 unspecified atom stereocenters. The summed E-state index contributed by atoms with van der Waals surface area (Å²) in [6, 6.07) is 7.73. The molecule has 0 saturated carbocycles. The zero-order valence-corrected chi connectivity index (χ0v) is 10.6. The number of aromatic nitrogens is 2. The highest BCUT2D eigenvalue weighted by atomic mass is 35.5. The van der Waals surface area contributed by atoms with Crippen molar-refractivity contribution in [2.75, 3.05) is 13.2 Å². The van der Waals surface area contributed by atoms with Gasteiger partial charge >= 0.3 is 0 Å². The van der Waals surface area contributed by atoms with Crippen LogP contribution in [-0.2, 0) is 9.47 Å². The molecule has 0 aliphatic heterocycles. The van der Waals surface area contributed by atoms with Gasteiger partial charge in [-0.1, -0.05) is 23.7 Å². The topological polar surface area (TPSA) is 36.3 Å². The fourth-order valence-corrected chi connectivity index (χ4v) is 1.93. The predicted molar refractivity (Wildman–Crippen MR) is 67.0 cm³/mol. The zero-order chi connectivity index (χ0) is 12.3. The number of hydrogen-bond donors (Lipinski definition) is 0. The second-order valence-corrected chi connectivity index (χ2v) is 3.83. The lowest BCUT2D eigenvalue weighted by atomic mass is 10.3. The van der Waals surface area contributed by atoms with E-state index in [9.17, 15) is 0 Å². The lowest BCUT2D eigenvalue weighted by Gasteiger charge is -2.17. The summed E-state index contributed by atoms with van der Waals surface area (Å²) in [6.07, 6.45) is -0.526. The van der Waals surface area contributed by atoms with Gasteiger partial charge in [0.05, 0.1) is 5.52 Å². The molecule has 1 heterocycles. The molecule has 0 N–H and O–H groups in total. The Hall–Kier alpha value is -1.10. The molecular formula is C12H15ClN2O2. The van der Waals surface area contributed by atoms with Gasteiger partial charge in [-0.05, 0) is 26.0 Å². The van der Waals surface area contributed by atoms with E-state index in [1.165, 1.54) is 0 Å². The van der Waals surface area contributed by atoms with Gasteiger partial charge in [0.15, 0.2) is 5.15 Å². The molecule has 5 heteroatoms. The summed E-state index contributed by atoms with van der Waals surface area (Å²) >= 11 is 6.08. The van der Waals surface area contributed by atoms with Crippen LogP contribution in [0, 0.1) is 0 Å². The number of fused-ring (bicyclic) bond motifs is 1. The van der Waals surface area contributed by atoms with E-state index in [4.69, 9.17) is 21.1 Å². The summed E-state index contributed by atoms with van der Waals surface area (Å²) in [5.41, 5.74) is 0.907. The fraction of sp³-hybridized carbons (Fsp3) is 0.417. The molecule has 1 aromatic carbocycles. The van der Waals surface area contributed by atoms with Gasteiger partial charge < -0.3 is 9.47 Å². The highest BCUT2D eigenvalue weighted by Crippen LogP contribution is 2.26. The van der Waals surface area contributed by atoms with Gasteiger partial charge in [0.1, 0.15) is 0 Å². The summed E-state index contributed by atoms with van der Waals surface area (Å²) in [5.74, 6) is 0. The molecule has 4 nitrogen and oxygen atoms in total. The van der Waals surface area contributed by atoms with E-state index in [-0.39, 0.29) is 0 Å². The van der Waals surface area contributed by atoms with E-state index >= 15 is 0 Å². The van der Waals surface area contributed by atoms with Crippen molar-refractivity contribution in [1.29, 1.82) is 0 Å². The van der Waals surface area contributed by atoms with Gasteiger partial charge in [-0.25, -0.2) is 4.68 Å². The summed E-state index contributed by atoms with van der Waals surface area (Å²) in [6.45, 7) is 4.94. The van der Waals surface area contributed by atoms with Crippen LogP contribution in [0.3, 0.4) is 0 Å². The summed E-state index contributed by atoms with van der Waals surface area (Å²) in [5, 5.41) is 5.62. The van der Waals surface area contributed by atoms with Gasteiger partial charge in [0.25, 0.3) is 6.41 Å². The van der Waals surface area contributed by atoms with E-state index in [1.54, 1.807) is 4.68 Å². The number of hydrogen-bond acceptors (Lipinski definition) is 3. The van der Waals surface area contributed by atoms with Gasteiger partial charge in [0, 0.05) is 18.6 Å². The zero-order valence-electron chi connectivity index (χ0n) is 9.89. The van der Waals surface area contributed by atoms with Crippen molar-refractivity contribution in [3.8, 4) is 0 Å². The quantitative estimate of drug-likeness (QED) is 0.769. The predicted octanol–water partition coefficient (Wildman–Crippen LogP) is 3.22. The molecule has 0 radical (unpaired) electrons. The van der Waals surface area contributed by atoms with E-state index in [0.717, 1.165) is 10.9 Å². The van der Waals surface area contributed by atoms with Crippen molar-refractivity contribution in [2.24, 2.45) is 0 Å². The molecule has 17 heavy (non-hydrogen) atoms. The van der Waals surface area contributed by atoms with Crippen LogP contribution in [0.1, 0.15) is 20.3 Å². The normalized spacial score (nSPS) is 11.5. The second-order valence-electron chi connectivity index (χ2n) is 3.47. The molecule has 0 bridgehead atoms. The lowest BCUT2D eigenvalue weighted by molar-refractivity contribution is -0.189. The average Bonchev–Trinajstić information content (AvgIpc) is 2.67. The summed E-state index contributed by atoms with van der Waals surface area (Å²) in [7, 11) is 0. The molecule has 0 amide bonds. The van der Waals surface area contributed by atoms with Gasteiger partial charge in [0.2, 0.25) is 0 Å². The third-order valence-corrected chi connectivity index (χ3v) is 2.67. The van der Waals surface area contributed by atoms with Crippen LogP contribution >= 0.6 is 11.6 Å². The monoisotopic (exact) mass is 254 g/mol. The number of rotatable bonds is 5. The third-order valence-electron chi connectivity index (χ3n) is 2.39. The largest absolute Gasteiger partial charge is 0.334 e. The van der Waals surface area contributed by atoms with Crippen LogP contribution in [0.2, 0.25) is 5.15 Å². The Morgan fingerprint density at radius 1 is 1.24 bits per heavy atom. The van der Waals surface area contributed by atoms with Crippen molar-refractivity contribution in [3.63, 3.8) is 0 Å². The minimum atomic E-state index is -0.526. The molecule has 0 aliphatic rings. The number of halogens is 1. The average molecular weight is 255 g/mol. The second kappa shape index (κ2) is 5.49. The van der Waals surface area contributed by atoms with Crippen molar-refractivity contribution < 1.29 is 9.47 Å². The van der Waals surface area contributed by atoms with Crippen molar-refractivity contribution in [2.45, 2.75) is 20.3 Å². The van der Waals surface area contributed by atoms with E-state index in [2.05, 4.69) is 5.10 Å². The maximum absolute atomic E-state index is 6.08. The van der Waals surface area contributed by atoms with Crippen molar-refractivity contribution in [1.82, 2.24) is 9.78 Å². The van der Waals surface area contributed by atoms with E-state index in [1.807, 2.05) is 38.1 Å². The Balaban J connectivity index is 2.45. The third kappa shape index (κ3) is 2.44. The Morgan fingerprint density at radius 3 is 2.53 bits per heavy atom. The molecule has 2 aromatic rings. The van der Waals surface area contributed by atoms with Crippen LogP contribution in [0.25, 0.3) is 10.9 Å². The van der Waals surface area contributed by atoms with Crippen molar-refractivity contribution in [3.05, 3.63) is 29.4 Å². The molecule has 0 spiro atoms. The smallest absolute Gasteiger partial charge is 0.260 e. The minimum Gasteiger partial charge on any atom is -0.334 e. The van der Waals surface area contributed by atoms with E-state index in [0.29, 0.717) is 18.4 Å². The molecule has 0 fully saturated rings. The van der Waals surface area contributed by atoms with Crippen molar-refractivity contribution >= 4 is 22.5 Å². The molecule has 0 aliphatic carbocycles. The lowest BCUT2D eigenvalue weighted by Crippen LogP contribution is -2.17. The van der Waals surface area contributed by atoms with Crippen LogP contribution < -0.4 is 0 Å². The first-order valence-corrected chi connectivity index (χ1v) is 6.01. The first-order valence-electron chi connectivity index (χ1n) is 5.63. The Labute approximate surface area is 105 Å². The van der Waals surface area contributed by atoms with Gasteiger partial charge in [-0.2, -0.15) is 5.10 Å². The summed E-state index contributed by atoms with van der Waals surface area (Å²) in [4.78, 5) is 0.